The number of ketones is 1. The summed E-state index contributed by atoms with van der Waals surface area (Å²) in [7, 11) is 0. The Balaban J connectivity index is 1.81. The van der Waals surface area contributed by atoms with Gasteiger partial charge < -0.3 is 4.98 Å². The van der Waals surface area contributed by atoms with Gasteiger partial charge in [-0.2, -0.15) is 0 Å². The van der Waals surface area contributed by atoms with E-state index in [-0.39, 0.29) is 5.78 Å². The van der Waals surface area contributed by atoms with Gasteiger partial charge in [-0.05, 0) is 12.1 Å². The largest absolute Gasteiger partial charge is 0.321 e. The number of fused-ring (bicyclic) bond motifs is 3. The molecule has 0 amide bonds. The summed E-state index contributed by atoms with van der Waals surface area (Å²) < 4.78 is 0. The Kier molecular flexibility index (Phi) is 3.92. The molecule has 1 aliphatic heterocycles. The zero-order chi connectivity index (χ0) is 19.1. The summed E-state index contributed by atoms with van der Waals surface area (Å²) in [5.41, 5.74) is 3.23. The molecule has 0 spiro atoms. The lowest BCUT2D eigenvalue weighted by Gasteiger charge is -2.20. The molecule has 0 bridgehead atoms. The molecule has 136 valence electrons. The van der Waals surface area contributed by atoms with Crippen molar-refractivity contribution in [3.63, 3.8) is 0 Å². The maximum Gasteiger partial charge on any atom is 0.257 e. The Morgan fingerprint density at radius 3 is 2.32 bits per heavy atom. The first kappa shape index (κ1) is 16.7. The molecular weight excluding hydrogens is 374 g/mol. The van der Waals surface area contributed by atoms with Crippen LogP contribution >= 0.6 is 11.6 Å². The molecule has 4 nitrogen and oxygen atoms in total. The molecule has 0 unspecified atom stereocenters. The molecular formula is C23H14ClNO3. The number of rotatable bonds is 3. The van der Waals surface area contributed by atoms with Crippen molar-refractivity contribution in [1.82, 2.24) is 4.98 Å². The van der Waals surface area contributed by atoms with Crippen LogP contribution in [0.2, 0.25) is 5.02 Å². The predicted octanol–water partition coefficient (Wildman–Crippen LogP) is 5.90. The first-order valence-electron chi connectivity index (χ1n) is 8.78. The first-order valence-corrected chi connectivity index (χ1v) is 9.16. The van der Waals surface area contributed by atoms with Crippen molar-refractivity contribution < 1.29 is 14.6 Å². The van der Waals surface area contributed by atoms with E-state index in [0.717, 1.165) is 16.5 Å². The van der Waals surface area contributed by atoms with Crippen molar-refractivity contribution in [2.75, 3.05) is 0 Å². The highest BCUT2D eigenvalue weighted by Crippen LogP contribution is 2.43. The van der Waals surface area contributed by atoms with Crippen LogP contribution in [0.3, 0.4) is 0 Å². The minimum Gasteiger partial charge on any atom is -0.321 e. The molecule has 0 fully saturated rings. The second kappa shape index (κ2) is 6.59. The molecule has 1 aromatic heterocycles. The minimum atomic E-state index is -0.139. The van der Waals surface area contributed by atoms with E-state index in [1.807, 2.05) is 54.6 Å². The number of carbonyl (C=O) groups is 1. The Morgan fingerprint density at radius 2 is 1.57 bits per heavy atom. The Bertz CT molecular complexity index is 1230. The Hall–Kier alpha value is -3.50. The smallest absolute Gasteiger partial charge is 0.257 e. The average molecular weight is 388 g/mol. The molecule has 0 saturated heterocycles. The van der Waals surface area contributed by atoms with Crippen molar-refractivity contribution in [3.05, 3.63) is 101 Å². The van der Waals surface area contributed by atoms with Crippen molar-refractivity contribution in [2.45, 2.75) is 0 Å². The van der Waals surface area contributed by atoms with Crippen LogP contribution in [-0.2, 0) is 4.89 Å². The van der Waals surface area contributed by atoms with E-state index in [4.69, 9.17) is 21.4 Å². The van der Waals surface area contributed by atoms with E-state index in [0.29, 0.717) is 33.4 Å². The Labute approximate surface area is 165 Å². The van der Waals surface area contributed by atoms with E-state index in [1.54, 1.807) is 24.3 Å². The fourth-order valence-corrected chi connectivity index (χ4v) is 3.60. The number of carbonyl (C=O) groups excluding carboxylic acids is 1. The molecule has 0 radical (unpaired) electrons. The van der Waals surface area contributed by atoms with E-state index in [2.05, 4.69) is 4.98 Å². The molecule has 2 heterocycles. The van der Waals surface area contributed by atoms with Crippen LogP contribution in [0.5, 0.6) is 5.88 Å². The summed E-state index contributed by atoms with van der Waals surface area (Å²) in [5.74, 6) is 0.633. The van der Waals surface area contributed by atoms with Crippen LogP contribution < -0.4 is 4.89 Å². The van der Waals surface area contributed by atoms with Crippen LogP contribution in [0.25, 0.3) is 22.2 Å². The van der Waals surface area contributed by atoms with Gasteiger partial charge in [-0.25, -0.2) is 0 Å². The summed E-state index contributed by atoms with van der Waals surface area (Å²) in [6.07, 6.45) is 0. The topological polar surface area (TPSA) is 51.3 Å². The second-order valence-corrected chi connectivity index (χ2v) is 6.89. The van der Waals surface area contributed by atoms with E-state index < -0.39 is 0 Å². The third-order valence-corrected chi connectivity index (χ3v) is 4.95. The second-order valence-electron chi connectivity index (χ2n) is 6.45. The fraction of sp³-hybridized carbons (Fsp3) is 0. The van der Waals surface area contributed by atoms with Gasteiger partial charge in [0.05, 0.1) is 16.7 Å². The predicted molar refractivity (Wildman–Crippen MR) is 109 cm³/mol. The number of hydrogen-bond donors (Lipinski definition) is 1. The van der Waals surface area contributed by atoms with Crippen LogP contribution in [-0.4, -0.2) is 10.8 Å². The monoisotopic (exact) mass is 387 g/mol. The third-order valence-electron chi connectivity index (χ3n) is 4.71. The number of aromatic amines is 1. The van der Waals surface area contributed by atoms with Gasteiger partial charge in [0.15, 0.2) is 11.5 Å². The summed E-state index contributed by atoms with van der Waals surface area (Å²) in [5, 5.41) is 1.44. The fourth-order valence-electron chi connectivity index (χ4n) is 3.43. The molecule has 0 atom stereocenters. The molecule has 1 aliphatic rings. The van der Waals surface area contributed by atoms with Crippen molar-refractivity contribution in [3.8, 4) is 5.88 Å². The lowest BCUT2D eigenvalue weighted by Crippen LogP contribution is -2.14. The van der Waals surface area contributed by atoms with Crippen LogP contribution in [0.4, 0.5) is 0 Å². The number of aromatic nitrogens is 1. The maximum absolute atomic E-state index is 13.5. The summed E-state index contributed by atoms with van der Waals surface area (Å²) >= 11 is 6.13. The van der Waals surface area contributed by atoms with Gasteiger partial charge in [-0.15, -0.1) is 0 Å². The lowest BCUT2D eigenvalue weighted by molar-refractivity contribution is -0.138. The number of H-pyrrole nitrogens is 1. The number of allylic oxidation sites excluding steroid dienone is 1. The van der Waals surface area contributed by atoms with Gasteiger partial charge in [0.2, 0.25) is 0 Å². The van der Waals surface area contributed by atoms with Crippen molar-refractivity contribution in [1.29, 1.82) is 0 Å². The molecule has 5 rings (SSSR count). The van der Waals surface area contributed by atoms with Crippen LogP contribution in [0.1, 0.15) is 21.5 Å². The van der Waals surface area contributed by atoms with Crippen LogP contribution in [0.15, 0.2) is 78.9 Å². The SMILES string of the molecule is O=C(C1=C(c2ccccc2)OOc2[nH]c3cc(Cl)ccc3c21)c1ccccc1. The number of benzene rings is 3. The van der Waals surface area contributed by atoms with Crippen molar-refractivity contribution >= 4 is 39.6 Å². The molecule has 1 N–H and O–H groups in total. The van der Waals surface area contributed by atoms with Crippen molar-refractivity contribution in [2.24, 2.45) is 0 Å². The number of Topliss-reactive ketones (excluding diaryl/α,β-unsaturated/α-hetero) is 1. The van der Waals surface area contributed by atoms with E-state index in [9.17, 15) is 4.79 Å². The summed E-state index contributed by atoms with van der Waals surface area (Å²) in [4.78, 5) is 27.8. The lowest BCUT2D eigenvalue weighted by atomic mass is 9.92. The Morgan fingerprint density at radius 1 is 0.857 bits per heavy atom. The van der Waals surface area contributed by atoms with E-state index >= 15 is 0 Å². The molecule has 4 aromatic rings. The molecule has 0 aliphatic carbocycles. The molecule has 28 heavy (non-hydrogen) atoms. The zero-order valence-electron chi connectivity index (χ0n) is 14.6. The van der Waals surface area contributed by atoms with Gasteiger partial charge in [0.1, 0.15) is 0 Å². The molecule has 0 saturated carbocycles. The summed E-state index contributed by atoms with van der Waals surface area (Å²) in [6, 6.07) is 24.1. The van der Waals surface area contributed by atoms with Gasteiger partial charge >= 0.3 is 0 Å². The first-order chi connectivity index (χ1) is 13.7. The number of hydrogen-bond acceptors (Lipinski definition) is 3. The minimum absolute atomic E-state index is 0.139. The highest BCUT2D eigenvalue weighted by Gasteiger charge is 2.33. The average Bonchev–Trinajstić information content (AvgIpc) is 3.11. The third kappa shape index (κ3) is 2.66. The standard InChI is InChI=1S/C23H14ClNO3/c24-16-11-12-17-18(13-16)25-23-19(17)20(21(26)14-7-3-1-4-8-14)22(27-28-23)15-9-5-2-6-10-15/h1-13,25H. The molecule has 3 aromatic carbocycles. The summed E-state index contributed by atoms with van der Waals surface area (Å²) in [6.45, 7) is 0. The quantitative estimate of drug-likeness (QED) is 0.352. The highest BCUT2D eigenvalue weighted by atomic mass is 35.5. The van der Waals surface area contributed by atoms with Crippen LogP contribution in [0, 0.1) is 0 Å². The van der Waals surface area contributed by atoms with Gasteiger partial charge in [-0.1, -0.05) is 78.3 Å². The zero-order valence-corrected chi connectivity index (χ0v) is 15.4. The van der Waals surface area contributed by atoms with Gasteiger partial charge in [0.25, 0.3) is 5.88 Å². The number of nitrogens with one attached hydrogen (secondary N) is 1. The van der Waals surface area contributed by atoms with E-state index in [1.165, 1.54) is 0 Å². The number of halogens is 1. The molecule has 5 heteroatoms. The van der Waals surface area contributed by atoms with Gasteiger partial charge in [-0.3, -0.25) is 14.6 Å². The highest BCUT2D eigenvalue weighted by molar-refractivity contribution is 6.37. The van der Waals surface area contributed by atoms with Gasteiger partial charge in [0, 0.05) is 21.5 Å². The maximum atomic E-state index is 13.5. The normalized spacial score (nSPS) is 13.0.